The highest BCUT2D eigenvalue weighted by Crippen LogP contribution is 2.16. The number of rotatable bonds is 2. The third-order valence-electron chi connectivity index (χ3n) is 1.48. The van der Waals surface area contributed by atoms with Crippen LogP contribution in [-0.4, -0.2) is 11.1 Å². The van der Waals surface area contributed by atoms with Crippen molar-refractivity contribution in [3.8, 4) is 0 Å². The van der Waals surface area contributed by atoms with Crippen molar-refractivity contribution in [1.82, 2.24) is 5.48 Å². The molecular formula is C9H7BrFNO2. The smallest absolute Gasteiger partial charge is 0.267 e. The van der Waals surface area contributed by atoms with Gasteiger partial charge in [-0.05, 0) is 24.3 Å². The van der Waals surface area contributed by atoms with Gasteiger partial charge in [-0.25, -0.2) is 9.87 Å². The van der Waals surface area contributed by atoms with Gasteiger partial charge in [-0.1, -0.05) is 15.9 Å². The lowest BCUT2D eigenvalue weighted by molar-refractivity contribution is -0.124. The fourth-order valence-corrected chi connectivity index (χ4v) is 1.22. The van der Waals surface area contributed by atoms with E-state index in [4.69, 9.17) is 5.21 Å². The maximum atomic E-state index is 13.1. The second-order valence-electron chi connectivity index (χ2n) is 2.48. The monoisotopic (exact) mass is 259 g/mol. The Hall–Kier alpha value is -1.20. The highest BCUT2D eigenvalue weighted by atomic mass is 79.9. The molecule has 1 aromatic rings. The molecule has 0 aliphatic heterocycles. The van der Waals surface area contributed by atoms with Crippen LogP contribution in [0.25, 0.3) is 6.08 Å². The van der Waals surface area contributed by atoms with E-state index in [9.17, 15) is 9.18 Å². The number of benzene rings is 1. The van der Waals surface area contributed by atoms with E-state index in [-0.39, 0.29) is 5.56 Å². The van der Waals surface area contributed by atoms with E-state index in [1.165, 1.54) is 23.7 Å². The highest BCUT2D eigenvalue weighted by Gasteiger charge is 1.99. The van der Waals surface area contributed by atoms with Crippen LogP contribution in [0.5, 0.6) is 0 Å². The van der Waals surface area contributed by atoms with Crippen LogP contribution in [0.15, 0.2) is 28.7 Å². The number of hydrogen-bond donors (Lipinski definition) is 2. The van der Waals surface area contributed by atoms with Crippen molar-refractivity contribution in [3.05, 3.63) is 40.1 Å². The topological polar surface area (TPSA) is 49.3 Å². The van der Waals surface area contributed by atoms with Crippen LogP contribution in [0.4, 0.5) is 4.39 Å². The molecule has 1 rings (SSSR count). The summed E-state index contributed by atoms with van der Waals surface area (Å²) in [6, 6.07) is 4.36. The number of nitrogens with one attached hydrogen (secondary N) is 1. The first kappa shape index (κ1) is 10.9. The first-order valence-electron chi connectivity index (χ1n) is 3.70. The SMILES string of the molecule is O=C(/C=C/c1cc(Br)ccc1F)NO. The second-order valence-corrected chi connectivity index (χ2v) is 3.39. The summed E-state index contributed by atoms with van der Waals surface area (Å²) in [5.41, 5.74) is 1.68. The van der Waals surface area contributed by atoms with E-state index in [2.05, 4.69) is 15.9 Å². The van der Waals surface area contributed by atoms with Crippen molar-refractivity contribution in [3.63, 3.8) is 0 Å². The van der Waals surface area contributed by atoms with Crippen LogP contribution in [0.1, 0.15) is 5.56 Å². The second kappa shape index (κ2) is 4.88. The fourth-order valence-electron chi connectivity index (χ4n) is 0.845. The molecule has 1 aromatic carbocycles. The summed E-state index contributed by atoms with van der Waals surface area (Å²) >= 11 is 3.17. The molecule has 0 saturated carbocycles. The van der Waals surface area contributed by atoms with Gasteiger partial charge in [0.2, 0.25) is 0 Å². The molecule has 0 atom stereocenters. The van der Waals surface area contributed by atoms with Crippen LogP contribution in [0, 0.1) is 5.82 Å². The van der Waals surface area contributed by atoms with Gasteiger partial charge in [-0.15, -0.1) is 0 Å². The van der Waals surface area contributed by atoms with Crippen molar-refractivity contribution in [2.75, 3.05) is 0 Å². The van der Waals surface area contributed by atoms with E-state index in [0.29, 0.717) is 4.47 Å². The lowest BCUT2D eigenvalue weighted by Gasteiger charge is -1.97. The Bertz CT molecular complexity index is 379. The zero-order valence-corrected chi connectivity index (χ0v) is 8.58. The van der Waals surface area contributed by atoms with E-state index in [0.717, 1.165) is 6.08 Å². The van der Waals surface area contributed by atoms with Gasteiger partial charge in [0, 0.05) is 16.1 Å². The molecule has 0 aromatic heterocycles. The van der Waals surface area contributed by atoms with E-state index in [1.54, 1.807) is 6.07 Å². The Morgan fingerprint density at radius 3 is 2.93 bits per heavy atom. The predicted molar refractivity (Wildman–Crippen MR) is 53.1 cm³/mol. The van der Waals surface area contributed by atoms with Crippen LogP contribution < -0.4 is 5.48 Å². The molecule has 74 valence electrons. The molecule has 0 aliphatic carbocycles. The summed E-state index contributed by atoms with van der Waals surface area (Å²) in [5, 5.41) is 8.18. The Morgan fingerprint density at radius 1 is 1.57 bits per heavy atom. The summed E-state index contributed by atoms with van der Waals surface area (Å²) < 4.78 is 13.8. The van der Waals surface area contributed by atoms with Gasteiger partial charge < -0.3 is 0 Å². The summed E-state index contributed by atoms with van der Waals surface area (Å²) in [5.74, 6) is -1.14. The number of hydroxylamine groups is 1. The molecule has 0 unspecified atom stereocenters. The number of carbonyl (C=O) groups excluding carboxylic acids is 1. The molecule has 0 bridgehead atoms. The van der Waals surface area contributed by atoms with Gasteiger partial charge in [-0.2, -0.15) is 0 Å². The van der Waals surface area contributed by atoms with Gasteiger partial charge in [0.25, 0.3) is 5.91 Å². The van der Waals surface area contributed by atoms with Gasteiger partial charge in [0.05, 0.1) is 0 Å². The number of carbonyl (C=O) groups is 1. The molecule has 0 heterocycles. The van der Waals surface area contributed by atoms with E-state index in [1.807, 2.05) is 0 Å². The van der Waals surface area contributed by atoms with Crippen LogP contribution in [0.3, 0.4) is 0 Å². The lowest BCUT2D eigenvalue weighted by atomic mass is 10.2. The van der Waals surface area contributed by atoms with Crippen molar-refractivity contribution in [1.29, 1.82) is 0 Å². The molecule has 5 heteroatoms. The van der Waals surface area contributed by atoms with Gasteiger partial charge >= 0.3 is 0 Å². The largest absolute Gasteiger partial charge is 0.288 e. The zero-order chi connectivity index (χ0) is 10.6. The minimum absolute atomic E-state index is 0.267. The minimum atomic E-state index is -0.704. The third kappa shape index (κ3) is 2.93. The summed E-state index contributed by atoms with van der Waals surface area (Å²) in [4.78, 5) is 10.6. The molecule has 14 heavy (non-hydrogen) atoms. The molecule has 1 amide bonds. The quantitative estimate of drug-likeness (QED) is 0.486. The first-order chi connectivity index (χ1) is 6.63. The standard InChI is InChI=1S/C9H7BrFNO2/c10-7-2-3-8(11)6(5-7)1-4-9(13)12-14/h1-5,14H,(H,12,13)/b4-1+. The van der Waals surface area contributed by atoms with Gasteiger partial charge in [0.1, 0.15) is 5.82 Å². The Kier molecular flexibility index (Phi) is 3.79. The Balaban J connectivity index is 2.90. The minimum Gasteiger partial charge on any atom is -0.288 e. The number of hydrogen-bond acceptors (Lipinski definition) is 2. The van der Waals surface area contributed by atoms with Crippen molar-refractivity contribution in [2.24, 2.45) is 0 Å². The lowest BCUT2D eigenvalue weighted by Crippen LogP contribution is -2.14. The van der Waals surface area contributed by atoms with Crippen LogP contribution in [-0.2, 0) is 4.79 Å². The summed E-state index contributed by atoms with van der Waals surface area (Å²) in [6.07, 6.45) is 2.30. The molecular weight excluding hydrogens is 253 g/mol. The molecule has 2 N–H and O–H groups in total. The summed E-state index contributed by atoms with van der Waals surface area (Å²) in [6.45, 7) is 0. The zero-order valence-electron chi connectivity index (χ0n) is 7.00. The van der Waals surface area contributed by atoms with Crippen molar-refractivity contribution in [2.45, 2.75) is 0 Å². The Morgan fingerprint density at radius 2 is 2.29 bits per heavy atom. The van der Waals surface area contributed by atoms with Crippen molar-refractivity contribution >= 4 is 27.9 Å². The molecule has 0 saturated heterocycles. The van der Waals surface area contributed by atoms with E-state index < -0.39 is 11.7 Å². The molecule has 3 nitrogen and oxygen atoms in total. The first-order valence-corrected chi connectivity index (χ1v) is 4.50. The number of halogens is 2. The average molecular weight is 260 g/mol. The maximum Gasteiger partial charge on any atom is 0.267 e. The maximum absolute atomic E-state index is 13.1. The van der Waals surface area contributed by atoms with Crippen LogP contribution >= 0.6 is 15.9 Å². The Labute approximate surface area is 88.3 Å². The number of amides is 1. The molecule has 0 aliphatic rings. The van der Waals surface area contributed by atoms with Gasteiger partial charge in [-0.3, -0.25) is 10.0 Å². The van der Waals surface area contributed by atoms with Crippen molar-refractivity contribution < 1.29 is 14.4 Å². The predicted octanol–water partition coefficient (Wildman–Crippen LogP) is 2.11. The molecule has 0 radical (unpaired) electrons. The third-order valence-corrected chi connectivity index (χ3v) is 1.98. The van der Waals surface area contributed by atoms with Gasteiger partial charge in [0.15, 0.2) is 0 Å². The average Bonchev–Trinajstić information content (AvgIpc) is 2.19. The highest BCUT2D eigenvalue weighted by molar-refractivity contribution is 9.10. The van der Waals surface area contributed by atoms with E-state index >= 15 is 0 Å². The normalized spacial score (nSPS) is 10.5. The van der Waals surface area contributed by atoms with Crippen LogP contribution in [0.2, 0.25) is 0 Å². The fraction of sp³-hybridized carbons (Fsp3) is 0. The summed E-state index contributed by atoms with van der Waals surface area (Å²) in [7, 11) is 0. The molecule has 0 spiro atoms. The molecule has 0 fully saturated rings.